The van der Waals surface area contributed by atoms with Crippen molar-refractivity contribution < 1.29 is 13.2 Å². The minimum Gasteiger partial charge on any atom is -0.343 e. The number of nitrogens with one attached hydrogen (secondary N) is 1. The van der Waals surface area contributed by atoms with E-state index in [4.69, 9.17) is 5.73 Å². The van der Waals surface area contributed by atoms with Gasteiger partial charge in [-0.1, -0.05) is 13.3 Å². The smallest absolute Gasteiger partial charge is 0.222 e. The summed E-state index contributed by atoms with van der Waals surface area (Å²) >= 11 is 0. The van der Waals surface area contributed by atoms with Crippen molar-refractivity contribution in [3.63, 3.8) is 0 Å². The van der Waals surface area contributed by atoms with Gasteiger partial charge in [0.15, 0.2) is 0 Å². The first kappa shape index (κ1) is 20.7. The molecule has 0 bridgehead atoms. The van der Waals surface area contributed by atoms with Crippen LogP contribution >= 0.6 is 12.4 Å². The van der Waals surface area contributed by atoms with Crippen LogP contribution in [0.15, 0.2) is 0 Å². The van der Waals surface area contributed by atoms with Crippen molar-refractivity contribution in [3.05, 3.63) is 0 Å². The summed E-state index contributed by atoms with van der Waals surface area (Å²) in [6, 6.07) is 0.136. The molecule has 0 radical (unpaired) electrons. The Morgan fingerprint density at radius 1 is 1.22 bits per heavy atom. The zero-order valence-electron chi connectivity index (χ0n) is 13.9. The predicted octanol–water partition coefficient (Wildman–Crippen LogP) is 1.25. The Kier molecular flexibility index (Phi) is 8.27. The second kappa shape index (κ2) is 9.20. The third kappa shape index (κ3) is 6.21. The predicted molar refractivity (Wildman–Crippen MR) is 94.0 cm³/mol. The van der Waals surface area contributed by atoms with E-state index >= 15 is 0 Å². The molecule has 0 aromatic heterocycles. The summed E-state index contributed by atoms with van der Waals surface area (Å²) in [7, 11) is -3.16. The summed E-state index contributed by atoms with van der Waals surface area (Å²) in [5.41, 5.74) is 6.03. The van der Waals surface area contributed by atoms with Crippen molar-refractivity contribution >= 4 is 28.3 Å². The second-order valence-corrected chi connectivity index (χ2v) is 8.52. The van der Waals surface area contributed by atoms with E-state index in [0.717, 1.165) is 19.3 Å². The lowest BCUT2D eigenvalue weighted by Gasteiger charge is -2.33. The van der Waals surface area contributed by atoms with Crippen LogP contribution in [0.4, 0.5) is 0 Å². The van der Waals surface area contributed by atoms with Gasteiger partial charge in [-0.05, 0) is 38.0 Å². The van der Waals surface area contributed by atoms with Crippen LogP contribution in [-0.4, -0.2) is 50.2 Å². The molecule has 8 heteroatoms. The molecule has 2 atom stereocenters. The Hall–Kier alpha value is -0.370. The third-order valence-corrected chi connectivity index (χ3v) is 6.46. The van der Waals surface area contributed by atoms with E-state index in [0.29, 0.717) is 44.7 Å². The quantitative estimate of drug-likeness (QED) is 0.738. The number of amides is 1. The molecular formula is C15H30ClN3O3S. The number of piperidine rings is 1. The molecule has 0 aromatic rings. The fourth-order valence-corrected chi connectivity index (χ4v) is 4.90. The molecule has 2 fully saturated rings. The van der Waals surface area contributed by atoms with E-state index in [9.17, 15) is 13.2 Å². The van der Waals surface area contributed by atoms with Crippen molar-refractivity contribution in [3.8, 4) is 0 Å². The molecule has 1 saturated carbocycles. The fraction of sp³-hybridized carbons (Fsp3) is 0.933. The molecule has 3 N–H and O–H groups in total. The average molecular weight is 368 g/mol. The molecule has 136 valence electrons. The number of halogens is 1. The Bertz CT molecular complexity index is 478. The van der Waals surface area contributed by atoms with Crippen LogP contribution in [0.1, 0.15) is 51.9 Å². The van der Waals surface area contributed by atoms with E-state index in [1.54, 1.807) is 0 Å². The maximum absolute atomic E-state index is 12.3. The lowest BCUT2D eigenvalue weighted by Crippen LogP contribution is -2.47. The molecule has 1 aliphatic carbocycles. The zero-order valence-corrected chi connectivity index (χ0v) is 15.5. The van der Waals surface area contributed by atoms with Crippen LogP contribution in [0, 0.1) is 5.92 Å². The van der Waals surface area contributed by atoms with E-state index in [1.165, 1.54) is 0 Å². The monoisotopic (exact) mass is 367 g/mol. The van der Waals surface area contributed by atoms with Gasteiger partial charge < -0.3 is 10.6 Å². The first-order valence-electron chi connectivity index (χ1n) is 8.44. The SMILES string of the molecule is CCCS(=O)(=O)NC1CCN(C(=O)C[C@@H]2CCC[C@H]2N)CC1.Cl. The van der Waals surface area contributed by atoms with Crippen molar-refractivity contribution in [2.45, 2.75) is 64.0 Å². The highest BCUT2D eigenvalue weighted by molar-refractivity contribution is 7.89. The normalized spacial score (nSPS) is 26.1. The molecule has 1 saturated heterocycles. The number of rotatable bonds is 6. The van der Waals surface area contributed by atoms with Crippen molar-refractivity contribution in [1.82, 2.24) is 9.62 Å². The minimum absolute atomic E-state index is 0. The summed E-state index contributed by atoms with van der Waals surface area (Å²) in [6.07, 6.45) is 5.78. The molecular weight excluding hydrogens is 338 g/mol. The van der Waals surface area contributed by atoms with Crippen LogP contribution in [-0.2, 0) is 14.8 Å². The van der Waals surface area contributed by atoms with Gasteiger partial charge in [0.25, 0.3) is 0 Å². The number of nitrogens with two attached hydrogens (primary N) is 1. The van der Waals surface area contributed by atoms with Crippen LogP contribution in [0.25, 0.3) is 0 Å². The topological polar surface area (TPSA) is 92.5 Å². The van der Waals surface area contributed by atoms with Gasteiger partial charge in [-0.25, -0.2) is 13.1 Å². The number of nitrogens with zero attached hydrogens (tertiary/aromatic N) is 1. The summed E-state index contributed by atoms with van der Waals surface area (Å²) in [6.45, 7) is 3.13. The maximum atomic E-state index is 12.3. The first-order chi connectivity index (χ1) is 10.4. The molecule has 0 aromatic carbocycles. The van der Waals surface area contributed by atoms with Gasteiger partial charge in [-0.2, -0.15) is 0 Å². The van der Waals surface area contributed by atoms with Crippen LogP contribution in [0.2, 0.25) is 0 Å². The molecule has 23 heavy (non-hydrogen) atoms. The highest BCUT2D eigenvalue weighted by Gasteiger charge is 2.30. The van der Waals surface area contributed by atoms with E-state index in [2.05, 4.69) is 4.72 Å². The Labute approximate surface area is 146 Å². The van der Waals surface area contributed by atoms with Crippen LogP contribution in [0.5, 0.6) is 0 Å². The summed E-state index contributed by atoms with van der Waals surface area (Å²) in [4.78, 5) is 14.2. The van der Waals surface area contributed by atoms with Gasteiger partial charge in [-0.15, -0.1) is 12.4 Å². The van der Waals surface area contributed by atoms with Gasteiger partial charge in [0.1, 0.15) is 0 Å². The Morgan fingerprint density at radius 3 is 2.39 bits per heavy atom. The fourth-order valence-electron chi connectivity index (χ4n) is 3.50. The van der Waals surface area contributed by atoms with Crippen molar-refractivity contribution in [1.29, 1.82) is 0 Å². The molecule has 0 unspecified atom stereocenters. The Balaban J connectivity index is 0.00000264. The minimum atomic E-state index is -3.16. The second-order valence-electron chi connectivity index (χ2n) is 6.65. The third-order valence-electron chi connectivity index (χ3n) is 4.82. The summed E-state index contributed by atoms with van der Waals surface area (Å²) in [5, 5.41) is 0. The average Bonchev–Trinajstić information content (AvgIpc) is 2.84. The number of hydrogen-bond donors (Lipinski definition) is 2. The maximum Gasteiger partial charge on any atom is 0.222 e. The number of carbonyl (C=O) groups is 1. The largest absolute Gasteiger partial charge is 0.343 e. The van der Waals surface area contributed by atoms with Crippen LogP contribution < -0.4 is 10.5 Å². The van der Waals surface area contributed by atoms with Gasteiger partial charge >= 0.3 is 0 Å². The van der Waals surface area contributed by atoms with E-state index in [1.807, 2.05) is 11.8 Å². The lowest BCUT2D eigenvalue weighted by molar-refractivity contribution is -0.133. The Morgan fingerprint density at radius 2 is 1.87 bits per heavy atom. The molecule has 2 rings (SSSR count). The summed E-state index contributed by atoms with van der Waals surface area (Å²) < 4.78 is 26.3. The van der Waals surface area contributed by atoms with E-state index in [-0.39, 0.29) is 36.2 Å². The lowest BCUT2D eigenvalue weighted by atomic mass is 9.98. The van der Waals surface area contributed by atoms with Crippen LogP contribution in [0.3, 0.4) is 0 Å². The molecule has 1 aliphatic heterocycles. The summed E-state index contributed by atoms with van der Waals surface area (Å²) in [5.74, 6) is 0.677. The van der Waals surface area contributed by atoms with Gasteiger partial charge in [0.05, 0.1) is 5.75 Å². The first-order valence-corrected chi connectivity index (χ1v) is 10.1. The number of likely N-dealkylation sites (tertiary alicyclic amines) is 1. The molecule has 1 amide bonds. The molecule has 2 aliphatic rings. The zero-order chi connectivity index (χ0) is 16.2. The highest BCUT2D eigenvalue weighted by Crippen LogP contribution is 2.27. The van der Waals surface area contributed by atoms with Gasteiger partial charge in [-0.3, -0.25) is 4.79 Å². The van der Waals surface area contributed by atoms with E-state index < -0.39 is 10.0 Å². The van der Waals surface area contributed by atoms with Gasteiger partial charge in [0, 0.05) is 31.6 Å². The molecule has 1 heterocycles. The standard InChI is InChI=1S/C15H29N3O3S.ClH/c1-2-10-22(20,21)17-13-6-8-18(9-7-13)15(19)11-12-4-3-5-14(12)16;/h12-14,17H,2-11,16H2,1H3;1H/t12-,14+;/m0./s1. The number of sulfonamides is 1. The highest BCUT2D eigenvalue weighted by atomic mass is 35.5. The number of carbonyl (C=O) groups excluding carboxylic acids is 1. The molecule has 0 spiro atoms. The van der Waals surface area contributed by atoms with Crippen molar-refractivity contribution in [2.24, 2.45) is 11.7 Å². The molecule has 6 nitrogen and oxygen atoms in total. The van der Waals surface area contributed by atoms with Crippen molar-refractivity contribution in [2.75, 3.05) is 18.8 Å². The number of hydrogen-bond acceptors (Lipinski definition) is 4. The van der Waals surface area contributed by atoms with Gasteiger partial charge in [0.2, 0.25) is 15.9 Å².